The first-order valence-electron chi connectivity index (χ1n) is 28.8. The van der Waals surface area contributed by atoms with Crippen molar-refractivity contribution in [1.29, 1.82) is 0 Å². The highest BCUT2D eigenvalue weighted by Crippen LogP contribution is 2.38. The largest absolute Gasteiger partial charge is 0.460 e. The maximum atomic E-state index is 14.6. The van der Waals surface area contributed by atoms with Crippen molar-refractivity contribution in [2.24, 2.45) is 35.5 Å². The first-order chi connectivity index (χ1) is 36.7. The second-order valence-electron chi connectivity index (χ2n) is 23.1. The van der Waals surface area contributed by atoms with Crippen LogP contribution in [0.25, 0.3) is 0 Å². The molecule has 17 heteroatoms. The topological polar surface area (TPSA) is 217 Å². The second kappa shape index (κ2) is 31.5. The summed E-state index contributed by atoms with van der Waals surface area (Å²) in [6.07, 6.45) is 12.7. The van der Waals surface area contributed by atoms with Crippen molar-refractivity contribution in [3.63, 3.8) is 0 Å². The quantitative estimate of drug-likeness (QED) is 0.0759. The average Bonchev–Trinajstić information content (AvgIpc) is 3.41. The molecule has 16 atom stereocenters. The third-order valence-corrected chi connectivity index (χ3v) is 17.0. The Hall–Kier alpha value is -3.49. The third kappa shape index (κ3) is 18.3. The van der Waals surface area contributed by atoms with Gasteiger partial charge in [0.15, 0.2) is 5.78 Å². The van der Waals surface area contributed by atoms with E-state index in [0.29, 0.717) is 63.2 Å². The molecule has 436 valence electrons. The predicted molar refractivity (Wildman–Crippen MR) is 291 cm³/mol. The van der Waals surface area contributed by atoms with Crippen molar-refractivity contribution in [2.75, 3.05) is 66.9 Å². The number of cyclic esters (lactones) is 1. The summed E-state index contributed by atoms with van der Waals surface area (Å²) < 4.78 is 42.3. The lowest BCUT2D eigenvalue weighted by Gasteiger charge is -2.43. The molecule has 0 unspecified atom stereocenters. The average molecular weight is 1090 g/mol. The zero-order valence-corrected chi connectivity index (χ0v) is 48.1. The number of allylic oxidation sites excluding steroid dienone is 6. The molecule has 0 radical (unpaired) electrons. The van der Waals surface area contributed by atoms with Crippen LogP contribution < -0.4 is 0 Å². The summed E-state index contributed by atoms with van der Waals surface area (Å²) >= 11 is 0. The minimum atomic E-state index is -2.48. The summed E-state index contributed by atoms with van der Waals surface area (Å²) in [7, 11) is 3.09. The van der Waals surface area contributed by atoms with Gasteiger partial charge >= 0.3 is 5.97 Å². The number of amides is 1. The number of morpholine rings is 1. The van der Waals surface area contributed by atoms with Gasteiger partial charge in [0.1, 0.15) is 30.1 Å². The number of fused-ring (bicyclic) bond motifs is 3. The molecule has 2 bridgehead atoms. The van der Waals surface area contributed by atoms with E-state index < -0.39 is 77.8 Å². The molecule has 5 rings (SSSR count). The molecule has 0 spiro atoms. The van der Waals surface area contributed by atoms with Crippen LogP contribution in [-0.4, -0.2) is 182 Å². The standard InChI is InChI=1S/C60H96N2O15/c1-38-17-12-11-13-18-39(2)51(75-30-27-63)35-47-22-20-44(7)60(70,77-47)57(67)58(68)62-25-15-14-19-48(62)59(69)76-52(36-49(64)40(3)32-43(6)55(66)56(72-10)54(65)42(5)31-38)41(4)33-46-21-23-50(53(34-46)71-9)74-28-16-24-61-26-29-73-37-45(61)8/h11-13,17-18,32,38,40-42,44-48,50-53,55-56,63,66,70H,14-16,19-31,33-37H2,1-10H3/t38-,40-,41-,42-,44-,45+,46+,47+,48+,50-,51+,52+,53-,55-,56+,60-/m1/s1. The maximum absolute atomic E-state index is 14.6. The molecular formula is C60H96N2O15. The zero-order valence-electron chi connectivity index (χ0n) is 48.1. The van der Waals surface area contributed by atoms with Gasteiger partial charge in [-0.05, 0) is 120 Å². The van der Waals surface area contributed by atoms with E-state index in [1.54, 1.807) is 34.0 Å². The number of methoxy groups -OCH3 is 2. The number of hydrogen-bond donors (Lipinski definition) is 3. The molecule has 4 aliphatic heterocycles. The number of aliphatic hydroxyl groups is 3. The number of aliphatic hydroxyl groups excluding tert-OH is 2. The molecule has 3 saturated heterocycles. The van der Waals surface area contributed by atoms with Crippen LogP contribution in [0.1, 0.15) is 139 Å². The van der Waals surface area contributed by atoms with Gasteiger partial charge in [0.2, 0.25) is 5.79 Å². The highest BCUT2D eigenvalue weighted by molar-refractivity contribution is 6.39. The zero-order chi connectivity index (χ0) is 56.4. The van der Waals surface area contributed by atoms with Crippen LogP contribution in [0.4, 0.5) is 0 Å². The fourth-order valence-electron chi connectivity index (χ4n) is 12.0. The van der Waals surface area contributed by atoms with Gasteiger partial charge in [0, 0.05) is 77.1 Å². The molecule has 5 aliphatic rings. The first-order valence-corrected chi connectivity index (χ1v) is 28.8. The number of hydrogen-bond acceptors (Lipinski definition) is 16. The highest BCUT2D eigenvalue weighted by Gasteiger charge is 2.53. The molecule has 0 aromatic carbocycles. The highest BCUT2D eigenvalue weighted by atomic mass is 16.6. The van der Waals surface area contributed by atoms with Crippen LogP contribution in [0, 0.1) is 35.5 Å². The van der Waals surface area contributed by atoms with E-state index in [1.165, 1.54) is 12.0 Å². The Kier molecular flexibility index (Phi) is 26.3. The monoisotopic (exact) mass is 1080 g/mol. The number of Topliss-reactive ketones (excluding diaryl/α,β-unsaturated/α-hetero) is 3. The Labute approximate surface area is 459 Å². The molecule has 3 N–H and O–H groups in total. The van der Waals surface area contributed by atoms with Crippen LogP contribution in [0.15, 0.2) is 47.6 Å². The SMILES string of the molecule is CO[C@@H]1C[C@H](C[C@@H](C)[C@@H]2CC(=O)[C@H](C)C=C(C)[C@@H](O)[C@@H](OC)C(=O)[C@H](C)C[C@H](C)C=CC=CC=C(C)[C@@H](OCCO)C[C@@H]3CC[C@@H](C)[C@@](O)(O3)C(=O)C(=O)N3CCCC[C@H]3C(=O)O2)CC[C@H]1OCCCN1CCOC[C@@H]1C. The lowest BCUT2D eigenvalue weighted by atomic mass is 9.78. The molecule has 0 aromatic heterocycles. The normalized spacial score (nSPS) is 36.2. The molecular weight excluding hydrogens is 989 g/mol. The van der Waals surface area contributed by atoms with Crippen molar-refractivity contribution in [1.82, 2.24) is 9.80 Å². The number of nitrogens with zero attached hydrogens (tertiary/aromatic N) is 2. The van der Waals surface area contributed by atoms with Gasteiger partial charge in [-0.15, -0.1) is 0 Å². The summed E-state index contributed by atoms with van der Waals surface area (Å²) in [6, 6.07) is -0.783. The summed E-state index contributed by atoms with van der Waals surface area (Å²) in [5.74, 6) is -8.09. The van der Waals surface area contributed by atoms with Crippen molar-refractivity contribution in [3.8, 4) is 0 Å². The van der Waals surface area contributed by atoms with Gasteiger partial charge in [0.25, 0.3) is 11.7 Å². The van der Waals surface area contributed by atoms with Crippen LogP contribution in [0.5, 0.6) is 0 Å². The van der Waals surface area contributed by atoms with E-state index >= 15 is 0 Å². The molecule has 0 aromatic rings. The second-order valence-corrected chi connectivity index (χ2v) is 23.1. The van der Waals surface area contributed by atoms with Crippen LogP contribution in [0.3, 0.4) is 0 Å². The Morgan fingerprint density at radius 3 is 2.32 bits per heavy atom. The van der Waals surface area contributed by atoms with Crippen molar-refractivity contribution in [3.05, 3.63) is 47.6 Å². The maximum Gasteiger partial charge on any atom is 0.329 e. The van der Waals surface area contributed by atoms with E-state index in [1.807, 2.05) is 58.1 Å². The summed E-state index contributed by atoms with van der Waals surface area (Å²) in [6.45, 7) is 18.7. The Balaban J connectivity index is 1.41. The van der Waals surface area contributed by atoms with Gasteiger partial charge in [-0.2, -0.15) is 0 Å². The van der Waals surface area contributed by atoms with Gasteiger partial charge in [0.05, 0.1) is 50.8 Å². The van der Waals surface area contributed by atoms with E-state index in [2.05, 4.69) is 11.8 Å². The first kappa shape index (κ1) is 64.3. The van der Waals surface area contributed by atoms with Gasteiger partial charge in [-0.1, -0.05) is 71.1 Å². The Morgan fingerprint density at radius 1 is 0.844 bits per heavy atom. The Morgan fingerprint density at radius 2 is 1.61 bits per heavy atom. The third-order valence-electron chi connectivity index (χ3n) is 17.0. The number of ether oxygens (including phenoxy) is 7. The lowest BCUT2D eigenvalue weighted by molar-refractivity contribution is -0.266. The number of ketones is 3. The molecule has 4 fully saturated rings. The summed E-state index contributed by atoms with van der Waals surface area (Å²) in [5.41, 5.74) is 1.19. The molecule has 1 amide bonds. The van der Waals surface area contributed by atoms with E-state index in [9.17, 15) is 39.3 Å². The number of piperidine rings is 1. The van der Waals surface area contributed by atoms with Crippen LogP contribution in [0.2, 0.25) is 0 Å². The van der Waals surface area contributed by atoms with Gasteiger partial charge < -0.3 is 53.4 Å². The fourth-order valence-corrected chi connectivity index (χ4v) is 12.0. The van der Waals surface area contributed by atoms with Crippen molar-refractivity contribution in [2.45, 2.75) is 199 Å². The number of carbonyl (C=O) groups excluding carboxylic acids is 5. The lowest BCUT2D eigenvalue weighted by Crippen LogP contribution is -2.61. The number of rotatable bonds is 13. The minimum Gasteiger partial charge on any atom is -0.460 e. The minimum absolute atomic E-state index is 0.0100. The number of esters is 1. The predicted octanol–water partition coefficient (Wildman–Crippen LogP) is 6.68. The van der Waals surface area contributed by atoms with Crippen LogP contribution >= 0.6 is 0 Å². The van der Waals surface area contributed by atoms with Crippen molar-refractivity contribution >= 4 is 29.2 Å². The summed E-state index contributed by atoms with van der Waals surface area (Å²) in [4.78, 5) is 75.4. The van der Waals surface area contributed by atoms with Crippen molar-refractivity contribution < 1.29 is 72.5 Å². The molecule has 4 heterocycles. The van der Waals surface area contributed by atoms with E-state index in [-0.39, 0.29) is 80.5 Å². The van der Waals surface area contributed by atoms with Crippen LogP contribution in [-0.2, 0) is 57.1 Å². The summed E-state index contributed by atoms with van der Waals surface area (Å²) in [5, 5.41) is 33.4. The molecule has 77 heavy (non-hydrogen) atoms. The van der Waals surface area contributed by atoms with E-state index in [4.69, 9.17) is 33.2 Å². The molecule has 1 aliphatic carbocycles. The van der Waals surface area contributed by atoms with Gasteiger partial charge in [-0.3, -0.25) is 24.1 Å². The molecule has 17 nitrogen and oxygen atoms in total. The fraction of sp³-hybridized carbons (Fsp3) is 0.783. The number of carbonyl (C=O) groups is 5. The molecule has 1 saturated carbocycles. The van der Waals surface area contributed by atoms with Gasteiger partial charge in [-0.25, -0.2) is 4.79 Å². The Bertz CT molecular complexity index is 2040. The smallest absolute Gasteiger partial charge is 0.329 e. The van der Waals surface area contributed by atoms with E-state index in [0.717, 1.165) is 51.1 Å².